The van der Waals surface area contributed by atoms with Crippen LogP contribution in [0.5, 0.6) is 5.75 Å². The van der Waals surface area contributed by atoms with Gasteiger partial charge >= 0.3 is 0 Å². The Kier molecular flexibility index (Phi) is 6.07. The molecule has 2 N–H and O–H groups in total. The number of fused-ring (bicyclic) bond motifs is 1. The fraction of sp³-hybridized carbons (Fsp3) is 0.348. The molecule has 0 spiro atoms. The van der Waals surface area contributed by atoms with E-state index < -0.39 is 0 Å². The summed E-state index contributed by atoms with van der Waals surface area (Å²) in [6.45, 7) is 3.78. The van der Waals surface area contributed by atoms with E-state index >= 15 is 0 Å². The highest BCUT2D eigenvalue weighted by Gasteiger charge is 2.20. The number of amides is 1. The molecule has 0 radical (unpaired) electrons. The Morgan fingerprint density at radius 1 is 1.17 bits per heavy atom. The van der Waals surface area contributed by atoms with E-state index in [1.54, 1.807) is 7.11 Å². The van der Waals surface area contributed by atoms with Crippen LogP contribution in [0.4, 0.5) is 0 Å². The number of methoxy groups -OCH3 is 1. The number of halogens is 1. The lowest BCUT2D eigenvalue weighted by atomic mass is 9.96. The van der Waals surface area contributed by atoms with Crippen LogP contribution < -0.4 is 10.1 Å². The largest absolute Gasteiger partial charge is 0.497 e. The van der Waals surface area contributed by atoms with Gasteiger partial charge in [-0.25, -0.2) is 0 Å². The summed E-state index contributed by atoms with van der Waals surface area (Å²) in [5, 5.41) is 4.74. The molecule has 0 unspecified atom stereocenters. The number of hydrogen-bond acceptors (Lipinski definition) is 3. The zero-order valence-corrected chi connectivity index (χ0v) is 17.3. The number of piperidine rings is 1. The molecule has 2 heterocycles. The number of nitrogens with zero attached hydrogens (tertiary/aromatic N) is 1. The van der Waals surface area contributed by atoms with E-state index in [9.17, 15) is 4.79 Å². The minimum atomic E-state index is -0.0574. The molecule has 29 heavy (non-hydrogen) atoms. The van der Waals surface area contributed by atoms with Crippen molar-refractivity contribution >= 4 is 28.4 Å². The van der Waals surface area contributed by atoms with Crippen molar-refractivity contribution in [1.82, 2.24) is 15.2 Å². The van der Waals surface area contributed by atoms with Crippen molar-refractivity contribution in [1.29, 1.82) is 0 Å². The van der Waals surface area contributed by atoms with Crippen molar-refractivity contribution in [2.24, 2.45) is 5.92 Å². The van der Waals surface area contributed by atoms with Gasteiger partial charge in [0.15, 0.2) is 0 Å². The predicted octanol–water partition coefficient (Wildman–Crippen LogP) is 4.47. The van der Waals surface area contributed by atoms with Crippen molar-refractivity contribution in [2.45, 2.75) is 19.4 Å². The molecule has 1 amide bonds. The first-order valence-corrected chi connectivity index (χ1v) is 10.4. The molecule has 5 nitrogen and oxygen atoms in total. The van der Waals surface area contributed by atoms with Crippen LogP contribution >= 0.6 is 11.6 Å². The first kappa shape index (κ1) is 19.8. The molecule has 0 aliphatic carbocycles. The molecule has 0 bridgehead atoms. The molecule has 1 aliphatic heterocycles. The Morgan fingerprint density at radius 3 is 2.66 bits per heavy atom. The number of aromatic amines is 1. The van der Waals surface area contributed by atoms with Crippen LogP contribution in [0, 0.1) is 5.92 Å². The van der Waals surface area contributed by atoms with Gasteiger partial charge in [0.25, 0.3) is 5.91 Å². The number of carbonyl (C=O) groups excluding carboxylic acids is 1. The lowest BCUT2D eigenvalue weighted by Crippen LogP contribution is -2.38. The van der Waals surface area contributed by atoms with Gasteiger partial charge < -0.3 is 15.0 Å². The molecular formula is C23H26ClN3O2. The van der Waals surface area contributed by atoms with Crippen LogP contribution in [0.1, 0.15) is 28.9 Å². The highest BCUT2D eigenvalue weighted by Crippen LogP contribution is 2.21. The highest BCUT2D eigenvalue weighted by molar-refractivity contribution is 6.31. The topological polar surface area (TPSA) is 57.4 Å². The first-order valence-electron chi connectivity index (χ1n) is 10.0. The maximum absolute atomic E-state index is 12.5. The van der Waals surface area contributed by atoms with Crippen LogP contribution in [-0.2, 0) is 6.54 Å². The lowest BCUT2D eigenvalue weighted by molar-refractivity contribution is 0.0931. The third-order valence-corrected chi connectivity index (χ3v) is 5.89. The average Bonchev–Trinajstić information content (AvgIpc) is 3.17. The summed E-state index contributed by atoms with van der Waals surface area (Å²) in [6, 6.07) is 15.7. The Morgan fingerprint density at radius 2 is 1.93 bits per heavy atom. The summed E-state index contributed by atoms with van der Waals surface area (Å²) in [4.78, 5) is 18.1. The molecule has 1 fully saturated rings. The van der Waals surface area contributed by atoms with Crippen LogP contribution in [0.25, 0.3) is 10.9 Å². The van der Waals surface area contributed by atoms with Crippen LogP contribution in [0.2, 0.25) is 5.02 Å². The van der Waals surface area contributed by atoms with Gasteiger partial charge in [-0.05, 0) is 67.7 Å². The first-order chi connectivity index (χ1) is 14.1. The molecule has 0 saturated carbocycles. The number of likely N-dealkylation sites (tertiary alicyclic amines) is 1. The van der Waals surface area contributed by atoms with E-state index in [0.717, 1.165) is 49.1 Å². The summed E-state index contributed by atoms with van der Waals surface area (Å²) in [5.41, 5.74) is 2.77. The minimum absolute atomic E-state index is 0.0574. The average molecular weight is 412 g/mol. The van der Waals surface area contributed by atoms with E-state index in [4.69, 9.17) is 16.3 Å². The normalized spacial score (nSPS) is 15.5. The molecule has 0 atom stereocenters. The molecule has 2 aromatic carbocycles. The highest BCUT2D eigenvalue weighted by atomic mass is 35.5. The van der Waals surface area contributed by atoms with Crippen LogP contribution in [0.15, 0.2) is 48.5 Å². The molecule has 3 aromatic rings. The second-order valence-corrected chi connectivity index (χ2v) is 8.13. The van der Waals surface area contributed by atoms with Crippen LogP contribution in [0.3, 0.4) is 0 Å². The van der Waals surface area contributed by atoms with Crippen molar-refractivity contribution < 1.29 is 9.53 Å². The zero-order chi connectivity index (χ0) is 20.2. The Bertz CT molecular complexity index is 975. The molecule has 4 rings (SSSR count). The predicted molar refractivity (Wildman–Crippen MR) is 117 cm³/mol. The quantitative estimate of drug-likeness (QED) is 0.629. The number of hydrogen-bond donors (Lipinski definition) is 2. The molecule has 6 heteroatoms. The van der Waals surface area contributed by atoms with Gasteiger partial charge in [-0.1, -0.05) is 29.8 Å². The van der Waals surface area contributed by atoms with Crippen molar-refractivity contribution in [3.63, 3.8) is 0 Å². The van der Waals surface area contributed by atoms with Gasteiger partial charge in [0, 0.05) is 29.0 Å². The monoisotopic (exact) mass is 411 g/mol. The SMILES string of the molecule is COc1ccc(CN2CCC(CNC(=O)c3cc4ccc(Cl)cc4[nH]3)CC2)cc1. The number of nitrogens with one attached hydrogen (secondary N) is 2. The van der Waals surface area contributed by atoms with Crippen LogP contribution in [-0.4, -0.2) is 42.5 Å². The fourth-order valence-corrected chi connectivity index (χ4v) is 4.06. The van der Waals surface area contributed by atoms with Gasteiger partial charge in [-0.15, -0.1) is 0 Å². The summed E-state index contributed by atoms with van der Waals surface area (Å²) in [5.74, 6) is 1.35. The number of H-pyrrole nitrogens is 1. The maximum atomic E-state index is 12.5. The van der Waals surface area contributed by atoms with Gasteiger partial charge in [0.2, 0.25) is 0 Å². The molecule has 1 aromatic heterocycles. The smallest absolute Gasteiger partial charge is 0.267 e. The molecule has 152 valence electrons. The van der Waals surface area contributed by atoms with E-state index in [0.29, 0.717) is 23.2 Å². The van der Waals surface area contributed by atoms with E-state index in [-0.39, 0.29) is 5.91 Å². The Balaban J connectivity index is 1.24. The van der Waals surface area contributed by atoms with Crippen molar-refractivity contribution in [3.8, 4) is 5.75 Å². The summed E-state index contributed by atoms with van der Waals surface area (Å²) in [6.07, 6.45) is 2.19. The molecular weight excluding hydrogens is 386 g/mol. The number of ether oxygens (including phenoxy) is 1. The Labute approximate surface area is 176 Å². The van der Waals surface area contributed by atoms with Gasteiger partial charge in [0.05, 0.1) is 7.11 Å². The van der Waals surface area contributed by atoms with E-state index in [1.165, 1.54) is 5.56 Å². The van der Waals surface area contributed by atoms with Crippen molar-refractivity contribution in [3.05, 3.63) is 64.8 Å². The standard InChI is InChI=1S/C23H26ClN3O2/c1-29-20-6-2-17(3-7-20)15-27-10-8-16(9-11-27)14-25-23(28)22-12-18-4-5-19(24)13-21(18)26-22/h2-7,12-13,16,26H,8-11,14-15H2,1H3,(H,25,28). The zero-order valence-electron chi connectivity index (χ0n) is 16.6. The van der Waals surface area contributed by atoms with Crippen molar-refractivity contribution in [2.75, 3.05) is 26.7 Å². The molecule has 1 saturated heterocycles. The van der Waals surface area contributed by atoms with Gasteiger partial charge in [-0.2, -0.15) is 0 Å². The molecule has 1 aliphatic rings. The number of carbonyl (C=O) groups is 1. The summed E-state index contributed by atoms with van der Waals surface area (Å²) >= 11 is 6.02. The van der Waals surface area contributed by atoms with Gasteiger partial charge in [0.1, 0.15) is 11.4 Å². The van der Waals surface area contributed by atoms with E-state index in [1.807, 2.05) is 36.4 Å². The minimum Gasteiger partial charge on any atom is -0.497 e. The second-order valence-electron chi connectivity index (χ2n) is 7.69. The summed E-state index contributed by atoms with van der Waals surface area (Å²) < 4.78 is 5.22. The maximum Gasteiger partial charge on any atom is 0.267 e. The van der Waals surface area contributed by atoms with E-state index in [2.05, 4.69) is 27.3 Å². The lowest BCUT2D eigenvalue weighted by Gasteiger charge is -2.32. The third kappa shape index (κ3) is 4.92. The Hall–Kier alpha value is -2.50. The fourth-order valence-electron chi connectivity index (χ4n) is 3.89. The summed E-state index contributed by atoms with van der Waals surface area (Å²) in [7, 11) is 1.69. The van der Waals surface area contributed by atoms with Gasteiger partial charge in [-0.3, -0.25) is 9.69 Å². The second kappa shape index (κ2) is 8.89. The number of rotatable bonds is 6. The number of benzene rings is 2. The number of aromatic nitrogens is 1. The third-order valence-electron chi connectivity index (χ3n) is 5.65.